The third-order valence-electron chi connectivity index (χ3n) is 2.51. The van der Waals surface area contributed by atoms with Gasteiger partial charge in [-0.15, -0.1) is 0 Å². The molecule has 0 saturated carbocycles. The molecule has 1 N–H and O–H groups in total. The summed E-state index contributed by atoms with van der Waals surface area (Å²) in [6, 6.07) is 3.92. The molecule has 0 unspecified atom stereocenters. The number of sulfonamides is 1. The van der Waals surface area contributed by atoms with Crippen molar-refractivity contribution in [3.8, 4) is 0 Å². The van der Waals surface area contributed by atoms with Crippen molar-refractivity contribution in [3.63, 3.8) is 0 Å². The molecule has 0 saturated heterocycles. The number of hydrogen-bond donors (Lipinski definition) is 1. The van der Waals surface area contributed by atoms with E-state index >= 15 is 0 Å². The van der Waals surface area contributed by atoms with Crippen molar-refractivity contribution in [1.82, 2.24) is 4.72 Å². The van der Waals surface area contributed by atoms with Gasteiger partial charge in [0, 0.05) is 6.54 Å². The number of benzene rings is 1. The molecule has 1 aromatic rings. The van der Waals surface area contributed by atoms with Gasteiger partial charge in [0.25, 0.3) is 0 Å². The van der Waals surface area contributed by atoms with Crippen LogP contribution in [0.5, 0.6) is 0 Å². The highest BCUT2D eigenvalue weighted by atomic mass is 32.2. The summed E-state index contributed by atoms with van der Waals surface area (Å²) in [5.74, 6) is -0.292. The monoisotopic (exact) mass is 229 g/mol. The van der Waals surface area contributed by atoms with Gasteiger partial charge in [-0.05, 0) is 30.0 Å². The van der Waals surface area contributed by atoms with Gasteiger partial charge in [0.1, 0.15) is 5.82 Å². The third-order valence-corrected chi connectivity index (χ3v) is 4.01. The highest BCUT2D eigenvalue weighted by molar-refractivity contribution is 7.89. The summed E-state index contributed by atoms with van der Waals surface area (Å²) < 4.78 is 38.9. The van der Waals surface area contributed by atoms with E-state index in [-0.39, 0.29) is 10.8 Å². The molecule has 0 aromatic heterocycles. The van der Waals surface area contributed by atoms with Crippen molar-refractivity contribution in [1.29, 1.82) is 0 Å². The highest BCUT2D eigenvalue weighted by Gasteiger charge is 2.24. The number of nitrogens with one attached hydrogen (secondary N) is 1. The number of rotatable bonds is 0. The second kappa shape index (κ2) is 3.57. The quantitative estimate of drug-likeness (QED) is 0.728. The number of halogens is 1. The fourth-order valence-corrected chi connectivity index (χ4v) is 3.15. The molecule has 1 aliphatic rings. The minimum Gasteiger partial charge on any atom is -0.211 e. The Balaban J connectivity index is 2.61. The molecule has 1 heterocycles. The summed E-state index contributed by atoms with van der Waals surface area (Å²) in [7, 11) is -3.52. The van der Waals surface area contributed by atoms with Crippen LogP contribution < -0.4 is 4.72 Å². The van der Waals surface area contributed by atoms with E-state index in [2.05, 4.69) is 4.72 Å². The zero-order chi connectivity index (χ0) is 11.1. The van der Waals surface area contributed by atoms with Crippen molar-refractivity contribution in [2.24, 2.45) is 5.92 Å². The van der Waals surface area contributed by atoms with Crippen LogP contribution >= 0.6 is 0 Å². The molecule has 0 amide bonds. The van der Waals surface area contributed by atoms with E-state index in [1.807, 2.05) is 6.92 Å². The number of fused-ring (bicyclic) bond motifs is 1. The van der Waals surface area contributed by atoms with Crippen molar-refractivity contribution >= 4 is 10.0 Å². The second-order valence-electron chi connectivity index (χ2n) is 3.91. The average Bonchev–Trinajstić information content (AvgIpc) is 2.27. The van der Waals surface area contributed by atoms with Crippen molar-refractivity contribution in [2.45, 2.75) is 18.2 Å². The zero-order valence-corrected chi connectivity index (χ0v) is 9.14. The van der Waals surface area contributed by atoms with Crippen LogP contribution in [0.1, 0.15) is 12.5 Å². The molecule has 3 nitrogen and oxygen atoms in total. The second-order valence-corrected chi connectivity index (χ2v) is 5.65. The van der Waals surface area contributed by atoms with E-state index < -0.39 is 15.8 Å². The van der Waals surface area contributed by atoms with Gasteiger partial charge in [0.15, 0.2) is 0 Å². The van der Waals surface area contributed by atoms with Crippen LogP contribution in [-0.4, -0.2) is 15.0 Å². The lowest BCUT2D eigenvalue weighted by molar-refractivity contribution is 0.552. The molecular formula is C10H12FNO2S. The lowest BCUT2D eigenvalue weighted by atomic mass is 10.0. The van der Waals surface area contributed by atoms with E-state index in [0.717, 1.165) is 6.07 Å². The van der Waals surface area contributed by atoms with Crippen LogP contribution in [-0.2, 0) is 16.4 Å². The van der Waals surface area contributed by atoms with E-state index in [9.17, 15) is 12.8 Å². The summed E-state index contributed by atoms with van der Waals surface area (Å²) in [5.41, 5.74) is 0.689. The maximum Gasteiger partial charge on any atom is 0.240 e. The van der Waals surface area contributed by atoms with Gasteiger partial charge in [0.05, 0.1) is 4.90 Å². The van der Waals surface area contributed by atoms with E-state index in [0.29, 0.717) is 18.5 Å². The summed E-state index contributed by atoms with van der Waals surface area (Å²) in [5, 5.41) is 0. The van der Waals surface area contributed by atoms with Crippen molar-refractivity contribution in [2.75, 3.05) is 6.54 Å². The molecule has 1 aromatic carbocycles. The third kappa shape index (κ3) is 2.03. The van der Waals surface area contributed by atoms with Crippen molar-refractivity contribution in [3.05, 3.63) is 29.6 Å². The van der Waals surface area contributed by atoms with Crippen LogP contribution in [0, 0.1) is 11.7 Å². The Morgan fingerprint density at radius 2 is 2.20 bits per heavy atom. The van der Waals surface area contributed by atoms with Crippen LogP contribution in [0.2, 0.25) is 0 Å². The first-order valence-electron chi connectivity index (χ1n) is 4.77. The first kappa shape index (κ1) is 10.6. The zero-order valence-electron chi connectivity index (χ0n) is 8.33. The smallest absolute Gasteiger partial charge is 0.211 e. The van der Waals surface area contributed by atoms with Gasteiger partial charge in [-0.25, -0.2) is 17.5 Å². The Hall–Kier alpha value is -0.940. The lowest BCUT2D eigenvalue weighted by Gasteiger charge is -2.05. The van der Waals surface area contributed by atoms with E-state index in [4.69, 9.17) is 0 Å². The van der Waals surface area contributed by atoms with Crippen LogP contribution in [0.3, 0.4) is 0 Å². The van der Waals surface area contributed by atoms with Crippen LogP contribution in [0.15, 0.2) is 23.1 Å². The molecule has 5 heteroatoms. The summed E-state index contributed by atoms with van der Waals surface area (Å²) in [4.78, 5) is 0.0758. The highest BCUT2D eigenvalue weighted by Crippen LogP contribution is 2.23. The Kier molecular flexibility index (Phi) is 2.52. The first-order chi connectivity index (χ1) is 6.99. The number of hydrogen-bond acceptors (Lipinski definition) is 2. The van der Waals surface area contributed by atoms with Crippen LogP contribution in [0.25, 0.3) is 0 Å². The molecular weight excluding hydrogens is 217 g/mol. The molecule has 82 valence electrons. The summed E-state index contributed by atoms with van der Waals surface area (Å²) in [6.07, 6.45) is 0.655. The molecule has 0 bridgehead atoms. The van der Waals surface area contributed by atoms with Gasteiger partial charge in [0.2, 0.25) is 10.0 Å². The van der Waals surface area contributed by atoms with Gasteiger partial charge in [-0.1, -0.05) is 13.0 Å². The molecule has 15 heavy (non-hydrogen) atoms. The van der Waals surface area contributed by atoms with Gasteiger partial charge in [-0.2, -0.15) is 0 Å². The predicted molar refractivity (Wildman–Crippen MR) is 54.5 cm³/mol. The topological polar surface area (TPSA) is 46.2 Å². The Morgan fingerprint density at radius 3 is 2.93 bits per heavy atom. The molecule has 0 radical (unpaired) electrons. The molecule has 0 aliphatic carbocycles. The maximum absolute atomic E-state index is 13.0. The minimum absolute atomic E-state index is 0.0758. The standard InChI is InChI=1S/C10H12FNO2S/c1-7-4-8-2-3-9(11)5-10(8)15(13,14)12-6-7/h2-3,5,7,12H,4,6H2,1H3/t7-/m0/s1. The minimum atomic E-state index is -3.52. The predicted octanol–water partition coefficient (Wildman–Crippen LogP) is 1.30. The Bertz CT molecular complexity index is 484. The van der Waals surface area contributed by atoms with E-state index in [1.165, 1.54) is 6.07 Å². The van der Waals surface area contributed by atoms with Gasteiger partial charge < -0.3 is 0 Å². The normalized spacial score (nSPS) is 24.3. The summed E-state index contributed by atoms with van der Waals surface area (Å²) >= 11 is 0. The van der Waals surface area contributed by atoms with E-state index in [1.54, 1.807) is 6.07 Å². The first-order valence-corrected chi connectivity index (χ1v) is 6.25. The molecule has 1 atom stereocenters. The van der Waals surface area contributed by atoms with Crippen molar-refractivity contribution < 1.29 is 12.8 Å². The lowest BCUT2D eigenvalue weighted by Crippen LogP contribution is -2.26. The largest absolute Gasteiger partial charge is 0.240 e. The van der Waals surface area contributed by atoms with Gasteiger partial charge >= 0.3 is 0 Å². The molecule has 2 rings (SSSR count). The Morgan fingerprint density at radius 1 is 1.47 bits per heavy atom. The van der Waals surface area contributed by atoms with Crippen LogP contribution in [0.4, 0.5) is 4.39 Å². The fraction of sp³-hybridized carbons (Fsp3) is 0.400. The van der Waals surface area contributed by atoms with Gasteiger partial charge in [-0.3, -0.25) is 0 Å². The Labute approximate surface area is 88.4 Å². The fourth-order valence-electron chi connectivity index (χ4n) is 1.72. The maximum atomic E-state index is 13.0. The molecule has 0 spiro atoms. The summed E-state index contributed by atoms with van der Waals surface area (Å²) in [6.45, 7) is 2.36. The molecule has 1 aliphatic heterocycles. The average molecular weight is 229 g/mol. The molecule has 0 fully saturated rings. The SMILES string of the molecule is C[C@@H]1CNS(=O)(=O)c2cc(F)ccc2C1.